The Morgan fingerprint density at radius 1 is 1.03 bits per heavy atom. The third kappa shape index (κ3) is 5.97. The molecule has 156 valence electrons. The molecule has 1 saturated heterocycles. The Labute approximate surface area is 174 Å². The highest BCUT2D eigenvalue weighted by atomic mass is 16.5. The predicted molar refractivity (Wildman–Crippen MR) is 120 cm³/mol. The van der Waals surface area contributed by atoms with Crippen molar-refractivity contribution in [2.75, 3.05) is 50.1 Å². The summed E-state index contributed by atoms with van der Waals surface area (Å²) >= 11 is 0. The average molecular weight is 396 g/mol. The van der Waals surface area contributed by atoms with E-state index in [2.05, 4.69) is 41.1 Å². The molecule has 2 aromatic rings. The lowest BCUT2D eigenvalue weighted by atomic mass is 9.97. The number of nitrogens with zero attached hydrogens (tertiary/aromatic N) is 2. The maximum absolute atomic E-state index is 12.5. The number of carbonyl (C=O) groups excluding carboxylic acids is 1. The second-order valence-corrected chi connectivity index (χ2v) is 7.80. The van der Waals surface area contributed by atoms with Crippen LogP contribution in [0.25, 0.3) is 0 Å². The van der Waals surface area contributed by atoms with Crippen molar-refractivity contribution in [3.05, 3.63) is 54.1 Å². The Balaban J connectivity index is 1.49. The van der Waals surface area contributed by atoms with E-state index < -0.39 is 0 Å². The zero-order valence-corrected chi connectivity index (χ0v) is 17.9. The number of anilines is 2. The van der Waals surface area contributed by atoms with Crippen molar-refractivity contribution < 1.29 is 9.53 Å². The van der Waals surface area contributed by atoms with Crippen LogP contribution in [0.4, 0.5) is 11.4 Å². The van der Waals surface area contributed by atoms with Crippen molar-refractivity contribution in [3.8, 4) is 5.75 Å². The fraction of sp³-hybridized carbons (Fsp3) is 0.458. The molecule has 0 aliphatic carbocycles. The Morgan fingerprint density at radius 2 is 1.69 bits per heavy atom. The summed E-state index contributed by atoms with van der Waals surface area (Å²) in [5, 5.41) is 3.03. The number of nitrogens with one attached hydrogen (secondary N) is 1. The van der Waals surface area contributed by atoms with Gasteiger partial charge in [-0.3, -0.25) is 9.69 Å². The van der Waals surface area contributed by atoms with Gasteiger partial charge in [-0.05, 0) is 60.8 Å². The van der Waals surface area contributed by atoms with Crippen molar-refractivity contribution in [2.24, 2.45) is 0 Å². The van der Waals surface area contributed by atoms with Crippen LogP contribution < -0.4 is 15.0 Å². The van der Waals surface area contributed by atoms with E-state index in [0.717, 1.165) is 43.2 Å². The van der Waals surface area contributed by atoms with Gasteiger partial charge >= 0.3 is 0 Å². The second-order valence-electron chi connectivity index (χ2n) is 7.80. The third-order valence-corrected chi connectivity index (χ3v) is 5.60. The zero-order chi connectivity index (χ0) is 20.6. The number of ether oxygens (including phenoxy) is 1. The Kier molecular flexibility index (Phi) is 7.53. The molecule has 1 N–H and O–H groups in total. The average Bonchev–Trinajstić information content (AvgIpc) is 2.75. The Hall–Kier alpha value is -2.53. The minimum atomic E-state index is 0.0363. The SMILES string of the molecule is CCCN1CCN(c2ccc(NC(=O)CC(C)c3ccc(OC)cc3)cc2)CC1. The van der Waals surface area contributed by atoms with Gasteiger partial charge in [-0.1, -0.05) is 26.0 Å². The molecule has 5 heteroatoms. The Morgan fingerprint density at radius 3 is 2.28 bits per heavy atom. The van der Waals surface area contributed by atoms with Crippen molar-refractivity contribution in [1.82, 2.24) is 4.90 Å². The normalized spacial score (nSPS) is 15.8. The maximum atomic E-state index is 12.5. The molecular formula is C24H33N3O2. The summed E-state index contributed by atoms with van der Waals surface area (Å²) in [6.07, 6.45) is 1.67. The van der Waals surface area contributed by atoms with Gasteiger partial charge in [0, 0.05) is 44.0 Å². The summed E-state index contributed by atoms with van der Waals surface area (Å²) in [7, 11) is 1.66. The molecule has 1 heterocycles. The molecule has 5 nitrogen and oxygen atoms in total. The van der Waals surface area contributed by atoms with Crippen molar-refractivity contribution in [1.29, 1.82) is 0 Å². The fourth-order valence-electron chi connectivity index (χ4n) is 3.84. The van der Waals surface area contributed by atoms with Crippen LogP contribution in [0.2, 0.25) is 0 Å². The molecule has 1 aliphatic heterocycles. The lowest BCUT2D eigenvalue weighted by molar-refractivity contribution is -0.116. The predicted octanol–water partition coefficient (Wildman–Crippen LogP) is 4.36. The quantitative estimate of drug-likeness (QED) is 0.721. The van der Waals surface area contributed by atoms with Crippen molar-refractivity contribution >= 4 is 17.3 Å². The van der Waals surface area contributed by atoms with Gasteiger partial charge in [-0.15, -0.1) is 0 Å². The van der Waals surface area contributed by atoms with Gasteiger partial charge in [0.2, 0.25) is 5.91 Å². The first kappa shape index (κ1) is 21.2. The van der Waals surface area contributed by atoms with Crippen LogP contribution in [-0.2, 0) is 4.79 Å². The highest BCUT2D eigenvalue weighted by Crippen LogP contribution is 2.23. The van der Waals surface area contributed by atoms with Crippen LogP contribution in [-0.4, -0.2) is 50.6 Å². The van der Waals surface area contributed by atoms with Gasteiger partial charge in [0.25, 0.3) is 0 Å². The molecule has 3 rings (SSSR count). The number of hydrogen-bond donors (Lipinski definition) is 1. The highest BCUT2D eigenvalue weighted by Gasteiger charge is 2.16. The number of carbonyl (C=O) groups is 1. The lowest BCUT2D eigenvalue weighted by Gasteiger charge is -2.36. The summed E-state index contributed by atoms with van der Waals surface area (Å²) in [6, 6.07) is 16.1. The standard InChI is InChI=1S/C24H33N3O2/c1-4-13-26-14-16-27(17-15-26)22-9-7-21(8-10-22)25-24(28)18-19(2)20-5-11-23(29-3)12-6-20/h5-12,19H,4,13-18H2,1-3H3,(H,25,28). The molecule has 0 bridgehead atoms. The van der Waals surface area contributed by atoms with Crippen molar-refractivity contribution in [2.45, 2.75) is 32.6 Å². The first-order valence-corrected chi connectivity index (χ1v) is 10.6. The number of benzene rings is 2. The van der Waals surface area contributed by atoms with Gasteiger partial charge in [0.1, 0.15) is 5.75 Å². The molecule has 1 aliphatic rings. The first-order valence-electron chi connectivity index (χ1n) is 10.6. The maximum Gasteiger partial charge on any atom is 0.224 e. The smallest absolute Gasteiger partial charge is 0.224 e. The van der Waals surface area contributed by atoms with E-state index in [9.17, 15) is 4.79 Å². The molecule has 1 atom stereocenters. The van der Waals surface area contributed by atoms with Crippen molar-refractivity contribution in [3.63, 3.8) is 0 Å². The molecule has 0 radical (unpaired) electrons. The van der Waals surface area contributed by atoms with Gasteiger partial charge in [-0.25, -0.2) is 0 Å². The number of piperazine rings is 1. The lowest BCUT2D eigenvalue weighted by Crippen LogP contribution is -2.46. The van der Waals surface area contributed by atoms with Crippen LogP contribution in [0.5, 0.6) is 5.75 Å². The van der Waals surface area contributed by atoms with Gasteiger partial charge in [0.15, 0.2) is 0 Å². The van der Waals surface area contributed by atoms with E-state index in [1.807, 2.05) is 36.4 Å². The third-order valence-electron chi connectivity index (χ3n) is 5.60. The largest absolute Gasteiger partial charge is 0.497 e. The molecule has 1 unspecified atom stereocenters. The summed E-state index contributed by atoms with van der Waals surface area (Å²) in [5.74, 6) is 1.02. The van der Waals surface area contributed by atoms with Gasteiger partial charge in [-0.2, -0.15) is 0 Å². The van der Waals surface area contributed by atoms with E-state index in [1.165, 1.54) is 18.7 Å². The minimum absolute atomic E-state index is 0.0363. The fourth-order valence-corrected chi connectivity index (χ4v) is 3.84. The van der Waals surface area contributed by atoms with E-state index in [-0.39, 0.29) is 11.8 Å². The van der Waals surface area contributed by atoms with Crippen LogP contribution in [0, 0.1) is 0 Å². The molecule has 0 aromatic heterocycles. The molecule has 1 fully saturated rings. The number of methoxy groups -OCH3 is 1. The number of amides is 1. The second kappa shape index (κ2) is 10.3. The van der Waals surface area contributed by atoms with E-state index in [0.29, 0.717) is 6.42 Å². The molecule has 0 spiro atoms. The molecule has 2 aromatic carbocycles. The minimum Gasteiger partial charge on any atom is -0.497 e. The Bertz CT molecular complexity index is 766. The van der Waals surface area contributed by atoms with Gasteiger partial charge < -0.3 is 15.0 Å². The van der Waals surface area contributed by atoms with E-state index in [4.69, 9.17) is 4.74 Å². The summed E-state index contributed by atoms with van der Waals surface area (Å²) in [5.41, 5.74) is 3.22. The van der Waals surface area contributed by atoms with Gasteiger partial charge in [0.05, 0.1) is 7.11 Å². The number of hydrogen-bond acceptors (Lipinski definition) is 4. The number of rotatable bonds is 8. The molecule has 1 amide bonds. The molecular weight excluding hydrogens is 362 g/mol. The highest BCUT2D eigenvalue weighted by molar-refractivity contribution is 5.91. The van der Waals surface area contributed by atoms with Crippen LogP contribution in [0.3, 0.4) is 0 Å². The summed E-state index contributed by atoms with van der Waals surface area (Å²) in [6.45, 7) is 9.86. The zero-order valence-electron chi connectivity index (χ0n) is 17.9. The molecule has 0 saturated carbocycles. The molecule has 29 heavy (non-hydrogen) atoms. The van der Waals surface area contributed by atoms with E-state index in [1.54, 1.807) is 7.11 Å². The first-order chi connectivity index (χ1) is 14.1. The topological polar surface area (TPSA) is 44.8 Å². The summed E-state index contributed by atoms with van der Waals surface area (Å²) < 4.78 is 5.19. The monoisotopic (exact) mass is 395 g/mol. The van der Waals surface area contributed by atoms with E-state index >= 15 is 0 Å². The van der Waals surface area contributed by atoms with Crippen LogP contribution >= 0.6 is 0 Å². The van der Waals surface area contributed by atoms with Crippen LogP contribution in [0.1, 0.15) is 38.2 Å². The summed E-state index contributed by atoms with van der Waals surface area (Å²) in [4.78, 5) is 17.4. The van der Waals surface area contributed by atoms with Crippen LogP contribution in [0.15, 0.2) is 48.5 Å².